The fourth-order valence-electron chi connectivity index (χ4n) is 14.0. The number of amides is 12. The van der Waals surface area contributed by atoms with Crippen molar-refractivity contribution in [3.8, 4) is 0 Å². The highest BCUT2D eigenvalue weighted by Gasteiger charge is 2.51. The van der Waals surface area contributed by atoms with Crippen LogP contribution in [0, 0.1) is 23.6 Å². The monoisotopic (exact) mass is 1540 g/mol. The maximum absolute atomic E-state index is 15.7. The Kier molecular flexibility index (Phi) is 30.2. The second kappa shape index (κ2) is 37.0. The molecule has 3 aromatic rings. The molecule has 1 spiro atoms. The first-order valence-electron chi connectivity index (χ1n) is 36.4. The molecule has 12 amide bonds. The van der Waals surface area contributed by atoms with Crippen LogP contribution in [0.25, 0.3) is 0 Å². The Balaban J connectivity index is 1.52. The predicted molar refractivity (Wildman–Crippen MR) is 388 cm³/mol. The van der Waals surface area contributed by atoms with E-state index in [1.54, 1.807) is 41.5 Å². The molecule has 3 aliphatic rings. The number of benzene rings is 3. The summed E-state index contributed by atoms with van der Waals surface area (Å²) in [6.07, 6.45) is -10.4. The van der Waals surface area contributed by atoms with Crippen LogP contribution in [0.3, 0.4) is 0 Å². The molecule has 2 heterocycles. The van der Waals surface area contributed by atoms with Crippen molar-refractivity contribution < 1.29 is 88.3 Å². The van der Waals surface area contributed by atoms with Crippen LogP contribution in [0.2, 0.25) is 5.02 Å². The van der Waals surface area contributed by atoms with Crippen LogP contribution in [-0.2, 0) is 89.1 Å². The van der Waals surface area contributed by atoms with E-state index in [-0.39, 0.29) is 68.5 Å². The third kappa shape index (κ3) is 21.1. The lowest BCUT2D eigenvalue weighted by molar-refractivity contribution is -0.160. The zero-order valence-electron chi connectivity index (χ0n) is 64.3. The Morgan fingerprint density at radius 3 is 1.69 bits per heavy atom. The summed E-state index contributed by atoms with van der Waals surface area (Å²) >= 11 is 6.15. The molecule has 1 unspecified atom stereocenters. The van der Waals surface area contributed by atoms with E-state index in [0.29, 0.717) is 24.8 Å². The topological polar surface area (TPSA) is 270 Å². The van der Waals surface area contributed by atoms with Gasteiger partial charge in [-0.05, 0) is 116 Å². The highest BCUT2D eigenvalue weighted by molar-refractivity contribution is 6.31. The highest BCUT2D eigenvalue weighted by atomic mass is 35.5. The maximum atomic E-state index is 15.7. The van der Waals surface area contributed by atoms with E-state index in [1.807, 2.05) is 0 Å². The Morgan fingerprint density at radius 2 is 1.18 bits per heavy atom. The number of rotatable bonds is 14. The van der Waals surface area contributed by atoms with Crippen LogP contribution in [-0.4, -0.2) is 251 Å². The predicted octanol–water partition coefficient (Wildman–Crippen LogP) is 7.00. The lowest BCUT2D eigenvalue weighted by Crippen LogP contribution is -2.65. The summed E-state index contributed by atoms with van der Waals surface area (Å²) in [6, 6.07) is -1.60. The minimum atomic E-state index is -4.86. The molecule has 0 radical (unpaired) electrons. The van der Waals surface area contributed by atoms with Crippen LogP contribution in [0.4, 0.5) is 30.7 Å². The number of carbonyl (C=O) groups is 12. The average molecular weight is 1550 g/mol. The molecule has 1 saturated carbocycles. The molecule has 108 heavy (non-hydrogen) atoms. The molecule has 1 aliphatic carbocycles. The first-order valence-corrected chi connectivity index (χ1v) is 36.7. The van der Waals surface area contributed by atoms with Gasteiger partial charge < -0.3 is 60.0 Å². The molecular weight excluding hydrogens is 1440 g/mol. The third-order valence-electron chi connectivity index (χ3n) is 21.5. The van der Waals surface area contributed by atoms with Crippen molar-refractivity contribution >= 4 is 82.5 Å². The van der Waals surface area contributed by atoms with Crippen LogP contribution in [0.1, 0.15) is 140 Å². The van der Waals surface area contributed by atoms with Gasteiger partial charge in [0.25, 0.3) is 0 Å². The molecule has 0 aromatic heterocycles. The SMILES string of the molecule is CC[C@H](C)[C@@H]1NC(=O)[C@H](CC(C)C)N(C)C(=O)C[C@@H](C(=O)N(C)C)N(C)C(=O)[C@H]([C@@H](C)CC)N(C)C(=O)C2(CCCC2)NC(=O)[C@H](Cc2ccc(F)cc2)N(C)C(=O)[C@H](CCc2ccc(C(F)(F)F)c(Cl)c2)NC(=O)CN(C)C(=O)[C@H](Cc2ccc(C(F)(F)F)cc2)N(C)C(=O)C2CCN2C(=O)[C@H](C)N(C)C1=O. The van der Waals surface area contributed by atoms with Crippen molar-refractivity contribution in [2.45, 2.75) is 204 Å². The quantitative estimate of drug-likeness (QED) is 0.138. The number of aryl methyl sites for hydroxylation is 1. The summed E-state index contributed by atoms with van der Waals surface area (Å²) in [6.45, 7) is 11.0. The van der Waals surface area contributed by atoms with E-state index in [4.69, 9.17) is 11.6 Å². The zero-order valence-corrected chi connectivity index (χ0v) is 65.1. The summed E-state index contributed by atoms with van der Waals surface area (Å²) in [5.74, 6) is -12.2. The number of likely N-dealkylation sites (N-methyl/N-ethyl adjacent to an activating group) is 8. The van der Waals surface area contributed by atoms with Gasteiger partial charge in [0.2, 0.25) is 70.9 Å². The van der Waals surface area contributed by atoms with Gasteiger partial charge in [-0.15, -0.1) is 0 Å². The van der Waals surface area contributed by atoms with E-state index in [1.165, 1.54) is 90.1 Å². The molecule has 6 rings (SSSR count). The Labute approximate surface area is 632 Å². The van der Waals surface area contributed by atoms with E-state index >= 15 is 24.0 Å². The molecule has 0 bridgehead atoms. The minimum absolute atomic E-state index is 0.00430. The standard InChI is InChI=1S/C76H104ClF7N12O12/c1-17-44(5)62-71(106)90(11)46(7)66(101)96-36-33-55(96)70(105)93(14)58(40-48-21-27-50(28-22-48)75(79,80)81)69(104)89(10)42-60(97)85-54(32-26-47-25-31-52(53(77)38-47)76(82,83)84)67(102)92(13)57(39-49-23-29-51(78)30-24-49)65(100)87-74(34-19-20-35-74)73(108)95(16)63(45(6)18-2)72(107)94(15)59(68(103)88(8)9)41-61(98)91(12)56(37-43(3)4)64(99)86-62/h21-25,27-31,38,43-46,54-59,62-63H,17-20,26,32-37,39-42H2,1-16H3,(H,85,97)(H,86,99)(H,87,100)/t44-,45-,46-,54-,55?,56-,57-,58-,59-,62-,63-/m0/s1. The van der Waals surface area contributed by atoms with Gasteiger partial charge in [-0.25, -0.2) is 4.39 Å². The van der Waals surface area contributed by atoms with Gasteiger partial charge in [0.05, 0.1) is 29.1 Å². The maximum Gasteiger partial charge on any atom is 0.417 e. The molecule has 3 aromatic carbocycles. The summed E-state index contributed by atoms with van der Waals surface area (Å²) in [5.41, 5.74) is -3.42. The van der Waals surface area contributed by atoms with E-state index < -0.39 is 203 Å². The fraction of sp³-hybridized carbons (Fsp3) is 0.605. The highest BCUT2D eigenvalue weighted by Crippen LogP contribution is 2.37. The number of alkyl halides is 6. The van der Waals surface area contributed by atoms with Crippen LogP contribution >= 0.6 is 11.6 Å². The van der Waals surface area contributed by atoms with Gasteiger partial charge >= 0.3 is 12.4 Å². The Bertz CT molecular complexity index is 3770. The van der Waals surface area contributed by atoms with Crippen molar-refractivity contribution in [1.82, 2.24) is 60.0 Å². The van der Waals surface area contributed by atoms with Gasteiger partial charge in [-0.2, -0.15) is 26.3 Å². The van der Waals surface area contributed by atoms with E-state index in [2.05, 4.69) is 16.0 Å². The van der Waals surface area contributed by atoms with Gasteiger partial charge in [-0.3, -0.25) is 57.5 Å². The number of fused-ring (bicyclic) bond motifs is 1. The summed E-state index contributed by atoms with van der Waals surface area (Å²) in [4.78, 5) is 190. The number of hydrogen-bond donors (Lipinski definition) is 3. The minimum Gasteiger partial charge on any atom is -0.347 e. The van der Waals surface area contributed by atoms with E-state index in [9.17, 15) is 64.3 Å². The molecule has 32 heteroatoms. The van der Waals surface area contributed by atoms with Gasteiger partial charge in [0.1, 0.15) is 65.7 Å². The Morgan fingerprint density at radius 1 is 0.620 bits per heavy atom. The molecule has 596 valence electrons. The largest absolute Gasteiger partial charge is 0.417 e. The van der Waals surface area contributed by atoms with Crippen molar-refractivity contribution in [2.24, 2.45) is 17.8 Å². The molecule has 24 nitrogen and oxygen atoms in total. The van der Waals surface area contributed by atoms with Crippen molar-refractivity contribution in [3.05, 3.63) is 105 Å². The van der Waals surface area contributed by atoms with Crippen molar-refractivity contribution in [2.75, 3.05) is 76.5 Å². The lowest BCUT2D eigenvalue weighted by Gasteiger charge is -2.45. The van der Waals surface area contributed by atoms with E-state index in [0.717, 1.165) is 91.0 Å². The average Bonchev–Trinajstić information content (AvgIpc) is 0.962. The number of carbonyl (C=O) groups excluding carboxylic acids is 12. The number of nitrogens with zero attached hydrogens (tertiary/aromatic N) is 9. The molecule has 3 N–H and O–H groups in total. The molecule has 11 atom stereocenters. The third-order valence-corrected chi connectivity index (χ3v) is 21.9. The van der Waals surface area contributed by atoms with Gasteiger partial charge in [0.15, 0.2) is 0 Å². The van der Waals surface area contributed by atoms with Gasteiger partial charge in [-0.1, -0.05) is 109 Å². The van der Waals surface area contributed by atoms with Crippen LogP contribution in [0.15, 0.2) is 66.7 Å². The van der Waals surface area contributed by atoms with Crippen molar-refractivity contribution in [1.29, 1.82) is 0 Å². The van der Waals surface area contributed by atoms with Crippen LogP contribution in [0.5, 0.6) is 0 Å². The second-order valence-electron chi connectivity index (χ2n) is 29.7. The molecule has 2 aliphatic heterocycles. The zero-order chi connectivity index (χ0) is 81.1. The smallest absolute Gasteiger partial charge is 0.347 e. The first kappa shape index (κ1) is 88.0. The lowest BCUT2D eigenvalue weighted by atomic mass is 9.90. The number of halogens is 8. The van der Waals surface area contributed by atoms with Crippen LogP contribution < -0.4 is 16.0 Å². The fourth-order valence-corrected chi connectivity index (χ4v) is 14.3. The van der Waals surface area contributed by atoms with Gasteiger partial charge in [0, 0.05) is 82.8 Å². The molecule has 3 fully saturated rings. The van der Waals surface area contributed by atoms with Crippen molar-refractivity contribution in [3.63, 3.8) is 0 Å². The summed E-state index contributed by atoms with van der Waals surface area (Å²) < 4.78 is 98.2. The second-order valence-corrected chi connectivity index (χ2v) is 30.1. The summed E-state index contributed by atoms with van der Waals surface area (Å²) in [7, 11) is 11.8. The normalized spacial score (nSPS) is 24.6. The number of nitrogens with one attached hydrogen (secondary N) is 3. The number of hydrogen-bond acceptors (Lipinski definition) is 12. The summed E-state index contributed by atoms with van der Waals surface area (Å²) in [5, 5.41) is 7.70. The molecular formula is C76H104ClF7N12O12. The molecule has 2 saturated heterocycles. The first-order chi connectivity index (χ1) is 50.3. The Hall–Kier alpha value is -8.90.